The average Bonchev–Trinajstić information content (AvgIpc) is 2.89. The Morgan fingerprint density at radius 3 is 2.93 bits per heavy atom. The number of benzene rings is 1. The number of hydrogen-bond donors (Lipinski definition) is 1. The fourth-order valence-electron chi connectivity index (χ4n) is 1.81. The predicted molar refractivity (Wildman–Crippen MR) is 52.4 cm³/mol. The number of hydrogen-bond acceptors (Lipinski definition) is 2. The molecule has 0 radical (unpaired) electrons. The highest BCUT2D eigenvalue weighted by Gasteiger charge is 2.27. The van der Waals surface area contributed by atoms with Crippen molar-refractivity contribution in [2.75, 3.05) is 5.73 Å². The zero-order valence-corrected chi connectivity index (χ0v) is 7.57. The second kappa shape index (κ2) is 2.47. The summed E-state index contributed by atoms with van der Waals surface area (Å²) in [6.45, 7) is 0. The van der Waals surface area contributed by atoms with Gasteiger partial charge in [0, 0.05) is 12.1 Å². The second-order valence-corrected chi connectivity index (χ2v) is 3.70. The van der Waals surface area contributed by atoms with Crippen LogP contribution in [0.4, 0.5) is 10.3 Å². The van der Waals surface area contributed by atoms with Crippen LogP contribution in [0.3, 0.4) is 0 Å². The van der Waals surface area contributed by atoms with Crippen molar-refractivity contribution in [2.24, 2.45) is 0 Å². The lowest BCUT2D eigenvalue weighted by molar-refractivity contribution is 0.629. The van der Waals surface area contributed by atoms with Gasteiger partial charge >= 0.3 is 0 Å². The summed E-state index contributed by atoms with van der Waals surface area (Å²) in [5, 5.41) is 0. The summed E-state index contributed by atoms with van der Waals surface area (Å²) in [6.07, 6.45) is 2.29. The van der Waals surface area contributed by atoms with Crippen LogP contribution in [0.2, 0.25) is 0 Å². The van der Waals surface area contributed by atoms with Gasteiger partial charge in [-0.25, -0.2) is 9.37 Å². The van der Waals surface area contributed by atoms with Gasteiger partial charge in [-0.2, -0.15) is 0 Å². The molecule has 2 aromatic rings. The molecule has 1 saturated carbocycles. The molecule has 1 aromatic heterocycles. The van der Waals surface area contributed by atoms with Crippen LogP contribution in [-0.2, 0) is 0 Å². The SMILES string of the molecule is Nc1nc2cc(F)ccc2n1C1CC1. The van der Waals surface area contributed by atoms with Crippen LogP contribution in [0.1, 0.15) is 18.9 Å². The summed E-state index contributed by atoms with van der Waals surface area (Å²) in [4.78, 5) is 4.14. The average molecular weight is 191 g/mol. The van der Waals surface area contributed by atoms with Crippen molar-refractivity contribution in [1.29, 1.82) is 0 Å². The maximum absolute atomic E-state index is 12.9. The number of aromatic nitrogens is 2. The molecule has 1 aromatic carbocycles. The summed E-state index contributed by atoms with van der Waals surface area (Å²) in [6, 6.07) is 5.09. The molecule has 1 aliphatic rings. The third-order valence-corrected chi connectivity index (χ3v) is 2.59. The summed E-state index contributed by atoms with van der Waals surface area (Å²) in [5.74, 6) is 0.228. The maximum atomic E-state index is 12.9. The van der Waals surface area contributed by atoms with Crippen LogP contribution in [0, 0.1) is 5.82 Å². The van der Waals surface area contributed by atoms with Crippen molar-refractivity contribution < 1.29 is 4.39 Å². The molecule has 0 unspecified atom stereocenters. The zero-order valence-electron chi connectivity index (χ0n) is 7.57. The number of halogens is 1. The number of fused-ring (bicyclic) bond motifs is 1. The fraction of sp³-hybridized carbons (Fsp3) is 0.300. The lowest BCUT2D eigenvalue weighted by atomic mass is 10.3. The number of nitrogen functional groups attached to an aromatic ring is 1. The van der Waals surface area contributed by atoms with Crippen LogP contribution in [0.15, 0.2) is 18.2 Å². The molecule has 0 spiro atoms. The number of imidazole rings is 1. The van der Waals surface area contributed by atoms with Crippen molar-refractivity contribution in [1.82, 2.24) is 9.55 Å². The van der Waals surface area contributed by atoms with Crippen molar-refractivity contribution in [2.45, 2.75) is 18.9 Å². The Morgan fingerprint density at radius 1 is 1.43 bits per heavy atom. The van der Waals surface area contributed by atoms with Gasteiger partial charge in [-0.3, -0.25) is 0 Å². The summed E-state index contributed by atoms with van der Waals surface area (Å²) in [7, 11) is 0. The van der Waals surface area contributed by atoms with E-state index in [2.05, 4.69) is 4.98 Å². The fourth-order valence-corrected chi connectivity index (χ4v) is 1.81. The van der Waals surface area contributed by atoms with Gasteiger partial charge in [0.2, 0.25) is 5.95 Å². The largest absolute Gasteiger partial charge is 0.369 e. The molecule has 1 aliphatic carbocycles. The van der Waals surface area contributed by atoms with E-state index in [0.29, 0.717) is 17.5 Å². The van der Waals surface area contributed by atoms with E-state index in [4.69, 9.17) is 5.73 Å². The predicted octanol–water partition coefficient (Wildman–Crippen LogP) is 2.09. The number of nitrogens with two attached hydrogens (primary N) is 1. The highest BCUT2D eigenvalue weighted by molar-refractivity contribution is 5.78. The molecule has 4 heteroatoms. The van der Waals surface area contributed by atoms with Crippen LogP contribution >= 0.6 is 0 Å². The summed E-state index contributed by atoms with van der Waals surface area (Å²) < 4.78 is 14.9. The zero-order chi connectivity index (χ0) is 9.71. The van der Waals surface area contributed by atoms with Crippen LogP contribution in [-0.4, -0.2) is 9.55 Å². The molecule has 1 fully saturated rings. The molecular weight excluding hydrogens is 181 g/mol. The minimum Gasteiger partial charge on any atom is -0.369 e. The Balaban J connectivity index is 2.32. The quantitative estimate of drug-likeness (QED) is 0.750. The Kier molecular flexibility index (Phi) is 1.37. The molecule has 3 rings (SSSR count). The Bertz CT molecular complexity index is 499. The lowest BCUT2D eigenvalue weighted by Crippen LogP contribution is -2.00. The van der Waals surface area contributed by atoms with Crippen LogP contribution in [0.25, 0.3) is 11.0 Å². The molecular formula is C10H10FN3. The third-order valence-electron chi connectivity index (χ3n) is 2.59. The van der Waals surface area contributed by atoms with Crippen molar-refractivity contribution in [3.63, 3.8) is 0 Å². The van der Waals surface area contributed by atoms with Gasteiger partial charge < -0.3 is 10.3 Å². The Hall–Kier alpha value is -1.58. The molecule has 14 heavy (non-hydrogen) atoms. The molecule has 72 valence electrons. The first-order chi connectivity index (χ1) is 6.75. The Morgan fingerprint density at radius 2 is 2.21 bits per heavy atom. The number of rotatable bonds is 1. The van der Waals surface area contributed by atoms with E-state index in [9.17, 15) is 4.39 Å². The van der Waals surface area contributed by atoms with Gasteiger partial charge in [0.05, 0.1) is 11.0 Å². The topological polar surface area (TPSA) is 43.8 Å². The molecule has 1 heterocycles. The van der Waals surface area contributed by atoms with E-state index in [1.54, 1.807) is 6.07 Å². The summed E-state index contributed by atoms with van der Waals surface area (Å²) >= 11 is 0. The summed E-state index contributed by atoms with van der Waals surface area (Å²) in [5.41, 5.74) is 7.36. The van der Waals surface area contributed by atoms with E-state index < -0.39 is 0 Å². The van der Waals surface area contributed by atoms with Crippen molar-refractivity contribution in [3.05, 3.63) is 24.0 Å². The van der Waals surface area contributed by atoms with Gasteiger partial charge in [-0.05, 0) is 25.0 Å². The highest BCUT2D eigenvalue weighted by atomic mass is 19.1. The Labute approximate surface area is 80.3 Å². The third kappa shape index (κ3) is 0.999. The first kappa shape index (κ1) is 7.79. The van der Waals surface area contributed by atoms with Crippen molar-refractivity contribution in [3.8, 4) is 0 Å². The normalized spacial score (nSPS) is 16.4. The minimum absolute atomic E-state index is 0.266. The number of anilines is 1. The highest BCUT2D eigenvalue weighted by Crippen LogP contribution is 2.39. The van der Waals surface area contributed by atoms with Gasteiger partial charge in [-0.15, -0.1) is 0 Å². The van der Waals surface area contributed by atoms with Crippen LogP contribution in [0.5, 0.6) is 0 Å². The monoisotopic (exact) mass is 191 g/mol. The molecule has 0 bridgehead atoms. The van der Waals surface area contributed by atoms with E-state index >= 15 is 0 Å². The van der Waals surface area contributed by atoms with E-state index in [-0.39, 0.29) is 5.82 Å². The number of nitrogens with zero attached hydrogens (tertiary/aromatic N) is 2. The standard InChI is InChI=1S/C10H10FN3/c11-6-1-4-9-8(5-6)13-10(12)14(9)7-2-3-7/h1,4-5,7H,2-3H2,(H2,12,13). The minimum atomic E-state index is -0.266. The first-order valence-electron chi connectivity index (χ1n) is 4.68. The first-order valence-corrected chi connectivity index (χ1v) is 4.68. The molecule has 0 saturated heterocycles. The smallest absolute Gasteiger partial charge is 0.201 e. The van der Waals surface area contributed by atoms with E-state index in [1.807, 2.05) is 4.57 Å². The maximum Gasteiger partial charge on any atom is 0.201 e. The lowest BCUT2D eigenvalue weighted by Gasteiger charge is -2.02. The van der Waals surface area contributed by atoms with E-state index in [0.717, 1.165) is 18.4 Å². The second-order valence-electron chi connectivity index (χ2n) is 3.70. The van der Waals surface area contributed by atoms with Crippen molar-refractivity contribution >= 4 is 17.0 Å². The molecule has 0 atom stereocenters. The van der Waals surface area contributed by atoms with Gasteiger partial charge in [0.15, 0.2) is 0 Å². The molecule has 3 nitrogen and oxygen atoms in total. The molecule has 0 aliphatic heterocycles. The van der Waals surface area contributed by atoms with E-state index in [1.165, 1.54) is 12.1 Å². The van der Waals surface area contributed by atoms with Gasteiger partial charge in [-0.1, -0.05) is 0 Å². The molecule has 0 amide bonds. The van der Waals surface area contributed by atoms with Gasteiger partial charge in [0.1, 0.15) is 5.82 Å². The van der Waals surface area contributed by atoms with Crippen LogP contribution < -0.4 is 5.73 Å². The van der Waals surface area contributed by atoms with Gasteiger partial charge in [0.25, 0.3) is 0 Å². The molecule has 2 N–H and O–H groups in total.